The predicted octanol–water partition coefficient (Wildman–Crippen LogP) is 1.49. The van der Waals surface area contributed by atoms with E-state index in [2.05, 4.69) is 24.5 Å². The minimum absolute atomic E-state index is 0. The molecule has 3 heteroatoms. The van der Waals surface area contributed by atoms with Gasteiger partial charge in [-0.15, -0.1) is 13.2 Å². The summed E-state index contributed by atoms with van der Waals surface area (Å²) in [6, 6.07) is 0. The van der Waals surface area contributed by atoms with Crippen LogP contribution in [0.2, 0.25) is 0 Å². The van der Waals surface area contributed by atoms with E-state index in [1.807, 2.05) is 0 Å². The summed E-state index contributed by atoms with van der Waals surface area (Å²) in [7, 11) is 0. The Balaban J connectivity index is -0.000000109. The van der Waals surface area contributed by atoms with Crippen molar-refractivity contribution in [1.82, 2.24) is 0 Å². The van der Waals surface area contributed by atoms with Gasteiger partial charge in [0.05, 0.1) is 6.26 Å². The molecule has 0 aromatic carbocycles. The van der Waals surface area contributed by atoms with Gasteiger partial charge in [-0.3, -0.25) is 4.79 Å². The van der Waals surface area contributed by atoms with E-state index in [0.717, 1.165) is 6.26 Å². The summed E-state index contributed by atoms with van der Waals surface area (Å²) in [6.07, 6.45) is 1.10. The zero-order valence-electron chi connectivity index (χ0n) is 5.52. The van der Waals surface area contributed by atoms with Gasteiger partial charge in [0, 0.05) is 28.6 Å². The summed E-state index contributed by atoms with van der Waals surface area (Å²) >= 11 is 0. The van der Waals surface area contributed by atoms with Crippen LogP contribution in [0, 0.1) is 0 Å². The van der Waals surface area contributed by atoms with Crippen molar-refractivity contribution in [3.8, 4) is 0 Å². The van der Waals surface area contributed by atoms with Crippen LogP contribution in [0.25, 0.3) is 0 Å². The first kappa shape index (κ1) is 15.9. The van der Waals surface area contributed by atoms with E-state index in [9.17, 15) is 4.79 Å². The molecule has 0 aliphatic heterocycles. The van der Waals surface area contributed by atoms with Crippen molar-refractivity contribution in [3.63, 3.8) is 0 Å². The second-order valence-electron chi connectivity index (χ2n) is 0.776. The van der Waals surface area contributed by atoms with Crippen LogP contribution < -0.4 is 0 Å². The number of rotatable bonds is 1. The third-order valence-electron chi connectivity index (χ3n) is 0.249. The maximum atomic E-state index is 9.75. The van der Waals surface area contributed by atoms with Crippen LogP contribution in [0.4, 0.5) is 0 Å². The number of esters is 1. The second kappa shape index (κ2) is 15.6. The molecule has 0 heterocycles. The maximum absolute atomic E-state index is 9.75. The maximum Gasteiger partial charge on any atom is 0.307 e. The predicted molar refractivity (Wildman–Crippen MR) is 33.2 cm³/mol. The molecule has 0 saturated carbocycles. The number of carbonyl (C=O) groups is 1. The van der Waals surface area contributed by atoms with E-state index in [0.29, 0.717) is 0 Å². The van der Waals surface area contributed by atoms with Gasteiger partial charge in [-0.05, 0) is 0 Å². The molecule has 0 bridgehead atoms. The van der Waals surface area contributed by atoms with Crippen LogP contribution in [0.15, 0.2) is 26.0 Å². The Morgan fingerprint density at radius 3 is 1.89 bits per heavy atom. The Bertz CT molecular complexity index is 81.1. The summed E-state index contributed by atoms with van der Waals surface area (Å²) in [5.41, 5.74) is 0. The van der Waals surface area contributed by atoms with E-state index in [-0.39, 0.29) is 27.7 Å². The number of hydrogen-bond acceptors (Lipinski definition) is 2. The molecule has 0 fully saturated rings. The Kier molecular flexibility index (Phi) is 27.6. The van der Waals surface area contributed by atoms with Gasteiger partial charge in [0.25, 0.3) is 0 Å². The molecule has 0 atom stereocenters. The second-order valence-corrected chi connectivity index (χ2v) is 0.776. The Hall–Kier alpha value is -0.336. The fraction of sp³-hybridized carbons (Fsp3) is 0.167. The minimum Gasteiger partial charge on any atom is -0.435 e. The first-order valence-corrected chi connectivity index (χ1v) is 2.05. The smallest absolute Gasteiger partial charge is 0.307 e. The van der Waals surface area contributed by atoms with E-state index in [1.165, 1.54) is 6.92 Å². The van der Waals surface area contributed by atoms with Crippen molar-refractivity contribution in [2.75, 3.05) is 0 Å². The summed E-state index contributed by atoms with van der Waals surface area (Å²) in [4.78, 5) is 9.75. The average molecular weight is 162 g/mol. The molecule has 0 unspecified atom stereocenters. The number of hydrogen-bond donors (Lipinski definition) is 0. The minimum atomic E-state index is -0.329. The molecular formula is C6H10O2Ti. The van der Waals surface area contributed by atoms with Crippen LogP contribution in [-0.4, -0.2) is 5.97 Å². The summed E-state index contributed by atoms with van der Waals surface area (Å²) in [5.74, 6) is -0.329. The fourth-order valence-electron chi connectivity index (χ4n) is 0.117. The number of ether oxygens (including phenoxy) is 1. The standard InChI is InChI=1S/C4H6O2.C2H4.Ti/c1-3-6-4(2)5;1-2;/h3H,1H2,2H3;1-2H2;. The quantitative estimate of drug-likeness (QED) is 0.252. The first-order chi connectivity index (χ1) is 3.77. The molecular weight excluding hydrogens is 152 g/mol. The molecule has 0 radical (unpaired) electrons. The van der Waals surface area contributed by atoms with Gasteiger partial charge >= 0.3 is 5.97 Å². The molecule has 0 aliphatic carbocycles. The normalized spacial score (nSPS) is 5.00. The van der Waals surface area contributed by atoms with Crippen LogP contribution >= 0.6 is 0 Å². The Morgan fingerprint density at radius 2 is 1.89 bits per heavy atom. The largest absolute Gasteiger partial charge is 0.435 e. The van der Waals surface area contributed by atoms with Crippen molar-refractivity contribution in [1.29, 1.82) is 0 Å². The molecule has 0 rings (SSSR count). The van der Waals surface area contributed by atoms with Gasteiger partial charge in [0.1, 0.15) is 0 Å². The van der Waals surface area contributed by atoms with E-state index in [4.69, 9.17) is 0 Å². The monoisotopic (exact) mass is 162 g/mol. The van der Waals surface area contributed by atoms with Crippen LogP contribution in [-0.2, 0) is 31.2 Å². The zero-order chi connectivity index (χ0) is 6.99. The molecule has 0 amide bonds. The summed E-state index contributed by atoms with van der Waals surface area (Å²) < 4.78 is 4.17. The van der Waals surface area contributed by atoms with Gasteiger partial charge in [-0.25, -0.2) is 0 Å². The molecule has 0 N–H and O–H groups in total. The van der Waals surface area contributed by atoms with Crippen molar-refractivity contribution in [2.45, 2.75) is 6.92 Å². The van der Waals surface area contributed by atoms with Gasteiger partial charge in [-0.2, -0.15) is 0 Å². The third-order valence-corrected chi connectivity index (χ3v) is 0.249. The SMILES string of the molecule is C=C.C=COC(C)=O.[Ti]. The van der Waals surface area contributed by atoms with Crippen molar-refractivity contribution in [3.05, 3.63) is 26.0 Å². The molecule has 50 valence electrons. The van der Waals surface area contributed by atoms with Crippen molar-refractivity contribution < 1.29 is 31.2 Å². The summed E-state index contributed by atoms with van der Waals surface area (Å²) in [5, 5.41) is 0. The Labute approximate surface area is 70.5 Å². The zero-order valence-corrected chi connectivity index (χ0v) is 7.08. The van der Waals surface area contributed by atoms with Crippen LogP contribution in [0.3, 0.4) is 0 Å². The summed E-state index contributed by atoms with van der Waals surface area (Å²) in [6.45, 7) is 10.5. The molecule has 0 aromatic heterocycles. The van der Waals surface area contributed by atoms with Crippen molar-refractivity contribution in [2.24, 2.45) is 0 Å². The molecule has 0 saturated heterocycles. The van der Waals surface area contributed by atoms with E-state index in [1.54, 1.807) is 0 Å². The van der Waals surface area contributed by atoms with Crippen LogP contribution in [0.1, 0.15) is 6.92 Å². The molecule has 0 aromatic rings. The molecule has 2 nitrogen and oxygen atoms in total. The van der Waals surface area contributed by atoms with Crippen molar-refractivity contribution >= 4 is 5.97 Å². The van der Waals surface area contributed by atoms with Gasteiger partial charge < -0.3 is 4.74 Å². The van der Waals surface area contributed by atoms with E-state index >= 15 is 0 Å². The average Bonchev–Trinajstić information content (AvgIpc) is 1.72. The first-order valence-electron chi connectivity index (χ1n) is 2.05. The van der Waals surface area contributed by atoms with Gasteiger partial charge in [0.15, 0.2) is 0 Å². The van der Waals surface area contributed by atoms with Gasteiger partial charge in [0.2, 0.25) is 0 Å². The Morgan fingerprint density at radius 1 is 1.56 bits per heavy atom. The number of carbonyl (C=O) groups excluding carboxylic acids is 1. The topological polar surface area (TPSA) is 26.3 Å². The fourth-order valence-corrected chi connectivity index (χ4v) is 0.117. The molecule has 9 heavy (non-hydrogen) atoms. The van der Waals surface area contributed by atoms with Crippen LogP contribution in [0.5, 0.6) is 0 Å². The van der Waals surface area contributed by atoms with E-state index < -0.39 is 0 Å². The third kappa shape index (κ3) is 34.6. The van der Waals surface area contributed by atoms with Gasteiger partial charge in [-0.1, -0.05) is 6.58 Å². The molecule has 0 aliphatic rings. The molecule has 0 spiro atoms.